The number of ether oxygens (including phenoxy) is 1. The fraction of sp³-hybridized carbons (Fsp3) is 0.750. The predicted molar refractivity (Wildman–Crippen MR) is 78.2 cm³/mol. The summed E-state index contributed by atoms with van der Waals surface area (Å²) in [5.41, 5.74) is 7.61. The van der Waals surface area contributed by atoms with Gasteiger partial charge in [-0.15, -0.1) is 0 Å². The molecule has 0 radical (unpaired) electrons. The van der Waals surface area contributed by atoms with Gasteiger partial charge in [0, 0.05) is 19.0 Å². The number of hydrogen-bond acceptors (Lipinski definition) is 4. The van der Waals surface area contributed by atoms with Gasteiger partial charge in [-0.1, -0.05) is 19.3 Å². The van der Waals surface area contributed by atoms with Crippen LogP contribution in [0.2, 0.25) is 0 Å². The number of nitrogens with two attached hydrogens (primary N) is 1. The van der Waals surface area contributed by atoms with E-state index < -0.39 is 0 Å². The van der Waals surface area contributed by atoms with Crippen LogP contribution in [0.3, 0.4) is 0 Å². The molecule has 0 aromatic carbocycles. The molecule has 0 bridgehead atoms. The van der Waals surface area contributed by atoms with E-state index in [4.69, 9.17) is 10.5 Å². The van der Waals surface area contributed by atoms with Crippen molar-refractivity contribution in [3.63, 3.8) is 0 Å². The normalized spacial score (nSPS) is 27.4. The lowest BCUT2D eigenvalue weighted by Gasteiger charge is -2.44. The number of nitrogens with zero attached hydrogens (tertiary/aromatic N) is 2. The number of aryl methyl sites for hydroxylation is 1. The Kier molecular flexibility index (Phi) is 4.03. The van der Waals surface area contributed by atoms with E-state index in [2.05, 4.69) is 9.97 Å². The summed E-state index contributed by atoms with van der Waals surface area (Å²) in [5.74, 6) is 1.23. The van der Waals surface area contributed by atoms with Crippen molar-refractivity contribution in [3.8, 4) is 0 Å². The monoisotopic (exact) mass is 275 g/mol. The molecular formula is C16H25N3O. The third kappa shape index (κ3) is 2.86. The van der Waals surface area contributed by atoms with E-state index in [1.54, 1.807) is 0 Å². The van der Waals surface area contributed by atoms with Crippen LogP contribution >= 0.6 is 0 Å². The van der Waals surface area contributed by atoms with Crippen LogP contribution in [0.4, 0.5) is 0 Å². The molecule has 1 aliphatic carbocycles. The molecule has 4 nitrogen and oxygen atoms in total. The zero-order chi connectivity index (χ0) is 14.0. The Morgan fingerprint density at radius 2 is 1.95 bits per heavy atom. The largest absolute Gasteiger partial charge is 0.375 e. The molecule has 2 heterocycles. The van der Waals surface area contributed by atoms with Crippen LogP contribution < -0.4 is 5.73 Å². The Bertz CT molecular complexity index is 434. The summed E-state index contributed by atoms with van der Waals surface area (Å²) in [4.78, 5) is 8.82. The van der Waals surface area contributed by atoms with Crippen molar-refractivity contribution in [1.82, 2.24) is 9.97 Å². The van der Waals surface area contributed by atoms with Crippen LogP contribution in [0.5, 0.6) is 0 Å². The molecule has 2 aliphatic rings. The molecule has 2 unspecified atom stereocenters. The highest BCUT2D eigenvalue weighted by Crippen LogP contribution is 2.43. The molecule has 1 aromatic heterocycles. The summed E-state index contributed by atoms with van der Waals surface area (Å²) in [7, 11) is 0. The van der Waals surface area contributed by atoms with Crippen LogP contribution in [0.25, 0.3) is 0 Å². The van der Waals surface area contributed by atoms with E-state index in [-0.39, 0.29) is 11.6 Å². The highest BCUT2D eigenvalue weighted by atomic mass is 16.5. The summed E-state index contributed by atoms with van der Waals surface area (Å²) in [6.07, 6.45) is 12.2. The Hall–Kier alpha value is -1.00. The summed E-state index contributed by atoms with van der Waals surface area (Å²) < 4.78 is 6.15. The molecule has 4 heteroatoms. The van der Waals surface area contributed by atoms with Gasteiger partial charge in [-0.05, 0) is 44.1 Å². The first-order chi connectivity index (χ1) is 9.69. The number of rotatable bonds is 2. The molecule has 2 fully saturated rings. The maximum Gasteiger partial charge on any atom is 0.145 e. The molecule has 1 spiro atoms. The zero-order valence-corrected chi connectivity index (χ0v) is 12.3. The highest BCUT2D eigenvalue weighted by molar-refractivity contribution is 5.06. The van der Waals surface area contributed by atoms with Gasteiger partial charge in [0.2, 0.25) is 0 Å². The first kappa shape index (κ1) is 14.0. The summed E-state index contributed by atoms with van der Waals surface area (Å²) in [6, 6.07) is -0.0571. The zero-order valence-electron chi connectivity index (χ0n) is 12.3. The van der Waals surface area contributed by atoms with Gasteiger partial charge in [0.15, 0.2) is 0 Å². The Labute approximate surface area is 121 Å². The molecule has 1 saturated heterocycles. The van der Waals surface area contributed by atoms with Crippen LogP contribution in [0.15, 0.2) is 12.4 Å². The van der Waals surface area contributed by atoms with E-state index in [9.17, 15) is 0 Å². The summed E-state index contributed by atoms with van der Waals surface area (Å²) in [6.45, 7) is 2.84. The fourth-order valence-corrected chi connectivity index (χ4v) is 3.70. The van der Waals surface area contributed by atoms with Gasteiger partial charge in [0.05, 0.1) is 11.6 Å². The van der Waals surface area contributed by atoms with Crippen molar-refractivity contribution < 1.29 is 4.74 Å². The minimum absolute atomic E-state index is 0.0571. The third-order valence-corrected chi connectivity index (χ3v) is 4.90. The van der Waals surface area contributed by atoms with Crippen molar-refractivity contribution in [2.75, 3.05) is 6.61 Å². The van der Waals surface area contributed by atoms with Crippen LogP contribution in [0, 0.1) is 12.8 Å². The van der Waals surface area contributed by atoms with Gasteiger partial charge in [0.25, 0.3) is 0 Å². The Morgan fingerprint density at radius 1 is 1.25 bits per heavy atom. The summed E-state index contributed by atoms with van der Waals surface area (Å²) in [5, 5.41) is 0. The first-order valence-electron chi connectivity index (χ1n) is 7.87. The number of hydrogen-bond donors (Lipinski definition) is 1. The average molecular weight is 275 g/mol. The van der Waals surface area contributed by atoms with Crippen molar-refractivity contribution in [2.24, 2.45) is 11.7 Å². The molecule has 110 valence electrons. The third-order valence-electron chi connectivity index (χ3n) is 4.90. The second kappa shape index (κ2) is 5.78. The lowest BCUT2D eigenvalue weighted by Crippen LogP contribution is -2.44. The maximum absolute atomic E-state index is 6.43. The second-order valence-corrected chi connectivity index (χ2v) is 6.49. The van der Waals surface area contributed by atoms with Gasteiger partial charge in [-0.2, -0.15) is 0 Å². The quantitative estimate of drug-likeness (QED) is 0.901. The molecule has 3 rings (SSSR count). The minimum atomic E-state index is -0.0571. The van der Waals surface area contributed by atoms with E-state index >= 15 is 0 Å². The van der Waals surface area contributed by atoms with E-state index in [1.807, 2.05) is 19.3 Å². The topological polar surface area (TPSA) is 61.0 Å². The molecule has 1 aromatic rings. The van der Waals surface area contributed by atoms with Gasteiger partial charge in [-0.3, -0.25) is 0 Å². The van der Waals surface area contributed by atoms with Crippen molar-refractivity contribution >= 4 is 0 Å². The van der Waals surface area contributed by atoms with Crippen molar-refractivity contribution in [3.05, 3.63) is 23.8 Å². The maximum atomic E-state index is 6.43. The highest BCUT2D eigenvalue weighted by Gasteiger charge is 2.40. The molecule has 1 saturated carbocycles. The summed E-state index contributed by atoms with van der Waals surface area (Å²) >= 11 is 0. The fourth-order valence-electron chi connectivity index (χ4n) is 3.70. The predicted octanol–water partition coefficient (Wildman–Crippen LogP) is 2.91. The molecule has 2 atom stereocenters. The SMILES string of the molecule is Cc1cnc(C(N)C2CCOC3(CCCCC3)C2)nc1. The van der Waals surface area contributed by atoms with Gasteiger partial charge in [0.1, 0.15) is 5.82 Å². The van der Waals surface area contributed by atoms with Crippen LogP contribution in [0.1, 0.15) is 62.4 Å². The second-order valence-electron chi connectivity index (χ2n) is 6.49. The van der Waals surface area contributed by atoms with Crippen LogP contribution in [-0.4, -0.2) is 22.2 Å². The minimum Gasteiger partial charge on any atom is -0.375 e. The molecule has 1 aliphatic heterocycles. The molecular weight excluding hydrogens is 250 g/mol. The molecule has 20 heavy (non-hydrogen) atoms. The van der Waals surface area contributed by atoms with Crippen molar-refractivity contribution in [1.29, 1.82) is 0 Å². The van der Waals surface area contributed by atoms with Crippen LogP contribution in [-0.2, 0) is 4.74 Å². The van der Waals surface area contributed by atoms with Gasteiger partial charge in [-0.25, -0.2) is 9.97 Å². The smallest absolute Gasteiger partial charge is 0.145 e. The van der Waals surface area contributed by atoms with E-state index in [0.29, 0.717) is 5.92 Å². The molecule has 2 N–H and O–H groups in total. The van der Waals surface area contributed by atoms with Gasteiger partial charge >= 0.3 is 0 Å². The molecule has 0 amide bonds. The lowest BCUT2D eigenvalue weighted by atomic mass is 9.74. The lowest BCUT2D eigenvalue weighted by molar-refractivity contribution is -0.120. The first-order valence-corrected chi connectivity index (χ1v) is 7.87. The average Bonchev–Trinajstić information content (AvgIpc) is 2.48. The van der Waals surface area contributed by atoms with Crippen molar-refractivity contribution in [2.45, 2.75) is 63.5 Å². The van der Waals surface area contributed by atoms with E-state index in [0.717, 1.165) is 30.8 Å². The Balaban J connectivity index is 1.71. The van der Waals surface area contributed by atoms with E-state index in [1.165, 1.54) is 32.1 Å². The standard InChI is InChI=1S/C16H25N3O/c1-12-10-18-15(19-11-12)14(17)13-5-8-20-16(9-13)6-3-2-4-7-16/h10-11,13-14H,2-9,17H2,1H3. The number of aromatic nitrogens is 2. The Morgan fingerprint density at radius 3 is 2.65 bits per heavy atom. The van der Waals surface area contributed by atoms with Gasteiger partial charge < -0.3 is 10.5 Å².